The van der Waals surface area contributed by atoms with Crippen molar-refractivity contribution in [3.05, 3.63) is 42.3 Å². The van der Waals surface area contributed by atoms with Crippen molar-refractivity contribution < 1.29 is 8.78 Å². The highest BCUT2D eigenvalue weighted by molar-refractivity contribution is 5.22. The molecule has 0 heterocycles. The minimum absolute atomic E-state index is 0.0658. The largest absolute Gasteiger partial charge is 0.248 e. The van der Waals surface area contributed by atoms with Crippen molar-refractivity contribution in [2.45, 2.75) is 38.0 Å². The van der Waals surface area contributed by atoms with E-state index in [-0.39, 0.29) is 18.8 Å². The molecular formula is C14H17F2. The van der Waals surface area contributed by atoms with Crippen molar-refractivity contribution in [3.63, 3.8) is 0 Å². The summed E-state index contributed by atoms with van der Waals surface area (Å²) in [6.07, 6.45) is 4.61. The van der Waals surface area contributed by atoms with Gasteiger partial charge in [-0.15, -0.1) is 0 Å². The van der Waals surface area contributed by atoms with Crippen LogP contribution in [0.4, 0.5) is 8.78 Å². The smallest absolute Gasteiger partial charge is 0.207 e. The number of hydrogen-bond acceptors (Lipinski definition) is 0. The molecule has 16 heavy (non-hydrogen) atoms. The van der Waals surface area contributed by atoms with Crippen molar-refractivity contribution in [1.82, 2.24) is 0 Å². The van der Waals surface area contributed by atoms with Crippen LogP contribution >= 0.6 is 0 Å². The third-order valence-corrected chi connectivity index (χ3v) is 3.23. The maximum atomic E-state index is 13.2. The zero-order valence-corrected chi connectivity index (χ0v) is 9.33. The Hall–Kier alpha value is -0.920. The first-order chi connectivity index (χ1) is 7.66. The Labute approximate surface area is 95.7 Å². The lowest BCUT2D eigenvalue weighted by Gasteiger charge is -2.28. The number of rotatable bonds is 3. The Bertz CT molecular complexity index is 319. The Morgan fingerprint density at radius 1 is 1.25 bits per heavy atom. The highest BCUT2D eigenvalue weighted by atomic mass is 19.3. The van der Waals surface area contributed by atoms with Gasteiger partial charge in [-0.05, 0) is 37.2 Å². The molecule has 1 aromatic rings. The van der Waals surface area contributed by atoms with Crippen molar-refractivity contribution in [2.24, 2.45) is 5.92 Å². The summed E-state index contributed by atoms with van der Waals surface area (Å²) in [5.74, 6) is -2.27. The fourth-order valence-electron chi connectivity index (χ4n) is 2.37. The summed E-state index contributed by atoms with van der Waals surface area (Å²) in [6, 6.07) is 9.94. The van der Waals surface area contributed by atoms with Gasteiger partial charge in [0.1, 0.15) is 0 Å². The van der Waals surface area contributed by atoms with E-state index in [4.69, 9.17) is 0 Å². The molecule has 1 radical (unpaired) electrons. The lowest BCUT2D eigenvalue weighted by Crippen LogP contribution is -2.26. The first kappa shape index (κ1) is 11.6. The van der Waals surface area contributed by atoms with Crippen molar-refractivity contribution >= 4 is 0 Å². The van der Waals surface area contributed by atoms with Gasteiger partial charge in [0.15, 0.2) is 0 Å². The molecule has 0 saturated heterocycles. The molecule has 87 valence electrons. The molecule has 2 heteroatoms. The second-order valence-electron chi connectivity index (χ2n) is 4.67. The molecular weight excluding hydrogens is 206 g/mol. The molecule has 1 fully saturated rings. The number of alkyl halides is 2. The van der Waals surface area contributed by atoms with Gasteiger partial charge in [-0.1, -0.05) is 30.3 Å². The van der Waals surface area contributed by atoms with Crippen LogP contribution in [0.3, 0.4) is 0 Å². The summed E-state index contributed by atoms with van der Waals surface area (Å²) in [4.78, 5) is 0. The minimum atomic E-state index is -2.42. The van der Waals surface area contributed by atoms with Gasteiger partial charge in [0.2, 0.25) is 5.92 Å². The van der Waals surface area contributed by atoms with Crippen LogP contribution in [0.2, 0.25) is 0 Å². The van der Waals surface area contributed by atoms with E-state index in [0.29, 0.717) is 6.42 Å². The maximum absolute atomic E-state index is 13.2. The second kappa shape index (κ2) is 4.94. The van der Waals surface area contributed by atoms with Crippen molar-refractivity contribution in [1.29, 1.82) is 0 Å². The summed E-state index contributed by atoms with van der Waals surface area (Å²) in [5.41, 5.74) is 1.14. The SMILES string of the molecule is FC1(F)CCC[C@H](C[CH]c2ccccc2)C1. The minimum Gasteiger partial charge on any atom is -0.207 e. The zero-order valence-electron chi connectivity index (χ0n) is 9.33. The van der Waals surface area contributed by atoms with E-state index in [1.807, 2.05) is 30.3 Å². The quantitative estimate of drug-likeness (QED) is 0.710. The Morgan fingerprint density at radius 3 is 2.69 bits per heavy atom. The van der Waals surface area contributed by atoms with Crippen molar-refractivity contribution in [2.75, 3.05) is 0 Å². The lowest BCUT2D eigenvalue weighted by atomic mass is 9.83. The summed E-state index contributed by atoms with van der Waals surface area (Å²) < 4.78 is 26.3. The average molecular weight is 223 g/mol. The monoisotopic (exact) mass is 223 g/mol. The van der Waals surface area contributed by atoms with E-state index >= 15 is 0 Å². The molecule has 0 bridgehead atoms. The Morgan fingerprint density at radius 2 is 2.00 bits per heavy atom. The molecule has 1 atom stereocenters. The van der Waals surface area contributed by atoms with E-state index in [9.17, 15) is 8.78 Å². The van der Waals surface area contributed by atoms with Crippen LogP contribution in [0.25, 0.3) is 0 Å². The van der Waals surface area contributed by atoms with Crippen LogP contribution in [-0.2, 0) is 0 Å². The first-order valence-corrected chi connectivity index (χ1v) is 5.92. The molecule has 0 unspecified atom stereocenters. The average Bonchev–Trinajstić information content (AvgIpc) is 2.27. The maximum Gasteiger partial charge on any atom is 0.248 e. The molecule has 1 saturated carbocycles. The second-order valence-corrected chi connectivity index (χ2v) is 4.67. The van der Waals surface area contributed by atoms with Gasteiger partial charge in [-0.3, -0.25) is 0 Å². The van der Waals surface area contributed by atoms with Gasteiger partial charge in [0.05, 0.1) is 0 Å². The van der Waals surface area contributed by atoms with Gasteiger partial charge in [0, 0.05) is 12.8 Å². The highest BCUT2D eigenvalue weighted by Gasteiger charge is 2.35. The van der Waals surface area contributed by atoms with E-state index in [1.54, 1.807) is 0 Å². The highest BCUT2D eigenvalue weighted by Crippen LogP contribution is 2.38. The Kier molecular flexibility index (Phi) is 3.57. The van der Waals surface area contributed by atoms with Gasteiger partial charge in [0.25, 0.3) is 0 Å². The van der Waals surface area contributed by atoms with Crippen LogP contribution in [-0.4, -0.2) is 5.92 Å². The van der Waals surface area contributed by atoms with E-state index < -0.39 is 5.92 Å². The van der Waals surface area contributed by atoms with E-state index in [2.05, 4.69) is 6.42 Å². The predicted molar refractivity (Wildman–Crippen MR) is 61.4 cm³/mol. The Balaban J connectivity index is 1.82. The lowest BCUT2D eigenvalue weighted by molar-refractivity contribution is -0.0522. The third kappa shape index (κ3) is 3.29. The van der Waals surface area contributed by atoms with Gasteiger partial charge in [-0.2, -0.15) is 0 Å². The van der Waals surface area contributed by atoms with E-state index in [1.165, 1.54) is 0 Å². The topological polar surface area (TPSA) is 0 Å². The molecule has 0 N–H and O–H groups in total. The van der Waals surface area contributed by atoms with Crippen LogP contribution in [0.5, 0.6) is 0 Å². The molecule has 0 aromatic heterocycles. The van der Waals surface area contributed by atoms with Crippen LogP contribution in [0.1, 0.15) is 37.7 Å². The van der Waals surface area contributed by atoms with Gasteiger partial charge >= 0.3 is 0 Å². The molecule has 1 aliphatic carbocycles. The molecule has 0 nitrogen and oxygen atoms in total. The number of halogens is 2. The molecule has 1 aromatic carbocycles. The molecule has 2 rings (SSSR count). The molecule has 0 amide bonds. The summed E-state index contributed by atoms with van der Waals surface area (Å²) in [7, 11) is 0. The summed E-state index contributed by atoms with van der Waals surface area (Å²) in [6.45, 7) is 0. The van der Waals surface area contributed by atoms with Crippen LogP contribution < -0.4 is 0 Å². The van der Waals surface area contributed by atoms with E-state index in [0.717, 1.165) is 18.4 Å². The fraction of sp³-hybridized carbons (Fsp3) is 0.500. The van der Waals surface area contributed by atoms with Crippen molar-refractivity contribution in [3.8, 4) is 0 Å². The molecule has 1 aliphatic rings. The first-order valence-electron chi connectivity index (χ1n) is 5.92. The molecule has 0 spiro atoms. The standard InChI is InChI=1S/C14H17F2/c15-14(16)10-4-7-13(11-14)9-8-12-5-2-1-3-6-12/h1-3,5-6,8,13H,4,7,9-11H2/t13-/m1/s1. The number of hydrogen-bond donors (Lipinski definition) is 0. The van der Waals surface area contributed by atoms with Gasteiger partial charge in [-0.25, -0.2) is 8.78 Å². The fourth-order valence-corrected chi connectivity index (χ4v) is 2.37. The molecule has 0 aliphatic heterocycles. The number of benzene rings is 1. The summed E-state index contributed by atoms with van der Waals surface area (Å²) >= 11 is 0. The summed E-state index contributed by atoms with van der Waals surface area (Å²) in [5, 5.41) is 0. The van der Waals surface area contributed by atoms with Crippen LogP contribution in [0, 0.1) is 12.3 Å². The van der Waals surface area contributed by atoms with Gasteiger partial charge < -0.3 is 0 Å². The third-order valence-electron chi connectivity index (χ3n) is 3.23. The predicted octanol–water partition coefficient (Wildman–Crippen LogP) is 4.45. The normalized spacial score (nSPS) is 24.2. The zero-order chi connectivity index (χ0) is 11.4. The van der Waals surface area contributed by atoms with Crippen LogP contribution in [0.15, 0.2) is 30.3 Å².